The molecule has 0 aromatic heterocycles. The summed E-state index contributed by atoms with van der Waals surface area (Å²) in [4.78, 5) is 10.5. The number of rotatable bonds is 6. The van der Waals surface area contributed by atoms with Crippen LogP contribution in [-0.2, 0) is 14.8 Å². The maximum Gasteiger partial charge on any atom is 0.305 e. The molecule has 0 heterocycles. The van der Waals surface area contributed by atoms with Gasteiger partial charge in [0.05, 0.1) is 17.4 Å². The number of benzene rings is 2. The molecule has 0 aliphatic rings. The van der Waals surface area contributed by atoms with E-state index in [0.29, 0.717) is 17.7 Å². The van der Waals surface area contributed by atoms with Gasteiger partial charge in [0.15, 0.2) is 11.6 Å². The third-order valence-corrected chi connectivity index (χ3v) is 4.55. The number of carboxylic acid groups (broad SMARTS) is 1. The smallest absolute Gasteiger partial charge is 0.305 e. The lowest BCUT2D eigenvalue weighted by Crippen LogP contribution is -2.30. The van der Waals surface area contributed by atoms with Crippen LogP contribution in [0.5, 0.6) is 0 Å². The molecule has 0 bridgehead atoms. The van der Waals surface area contributed by atoms with Gasteiger partial charge in [-0.05, 0) is 23.8 Å². The molecular weight excluding hydrogens is 328 g/mol. The van der Waals surface area contributed by atoms with E-state index in [2.05, 4.69) is 4.72 Å². The molecule has 0 amide bonds. The molecule has 1 unspecified atom stereocenters. The number of hydrogen-bond acceptors (Lipinski definition) is 3. The molecule has 0 aliphatic heterocycles. The summed E-state index contributed by atoms with van der Waals surface area (Å²) in [5.41, 5.74) is 0.445. The van der Waals surface area contributed by atoms with Crippen molar-refractivity contribution < 1.29 is 27.1 Å². The van der Waals surface area contributed by atoms with Crippen LogP contribution < -0.4 is 4.72 Å². The fraction of sp³-hybridized carbons (Fsp3) is 0.133. The molecule has 8 heteroatoms. The van der Waals surface area contributed by atoms with Crippen LogP contribution in [0.1, 0.15) is 18.0 Å². The van der Waals surface area contributed by atoms with Gasteiger partial charge in [-0.3, -0.25) is 4.79 Å². The molecule has 0 radical (unpaired) electrons. The predicted molar refractivity (Wildman–Crippen MR) is 78.1 cm³/mol. The summed E-state index contributed by atoms with van der Waals surface area (Å²) in [5.74, 6) is -3.68. The van der Waals surface area contributed by atoms with Crippen molar-refractivity contribution in [2.45, 2.75) is 17.4 Å². The number of carboxylic acids is 1. The molecule has 122 valence electrons. The van der Waals surface area contributed by atoms with Crippen LogP contribution in [0.25, 0.3) is 0 Å². The summed E-state index contributed by atoms with van der Waals surface area (Å²) in [6, 6.07) is 9.22. The zero-order chi connectivity index (χ0) is 17.0. The van der Waals surface area contributed by atoms with E-state index in [0.717, 1.165) is 6.07 Å². The number of hydrogen-bond donors (Lipinski definition) is 2. The molecule has 23 heavy (non-hydrogen) atoms. The van der Waals surface area contributed by atoms with E-state index in [1.807, 2.05) is 0 Å². The second-order valence-electron chi connectivity index (χ2n) is 4.76. The molecule has 0 spiro atoms. The Bertz CT molecular complexity index is 809. The van der Waals surface area contributed by atoms with Gasteiger partial charge in [0.2, 0.25) is 10.0 Å². The lowest BCUT2D eigenvalue weighted by molar-refractivity contribution is -0.137. The predicted octanol–water partition coefficient (Wildman–Crippen LogP) is 2.46. The third-order valence-electron chi connectivity index (χ3n) is 3.08. The first-order valence-corrected chi connectivity index (χ1v) is 8.02. The quantitative estimate of drug-likeness (QED) is 0.845. The van der Waals surface area contributed by atoms with Gasteiger partial charge in [-0.25, -0.2) is 21.9 Å². The third kappa shape index (κ3) is 4.33. The Morgan fingerprint density at radius 1 is 1.09 bits per heavy atom. The van der Waals surface area contributed by atoms with E-state index in [1.165, 1.54) is 0 Å². The van der Waals surface area contributed by atoms with Gasteiger partial charge in [0.25, 0.3) is 0 Å². The highest BCUT2D eigenvalue weighted by molar-refractivity contribution is 7.89. The van der Waals surface area contributed by atoms with Crippen molar-refractivity contribution in [2.24, 2.45) is 0 Å². The van der Waals surface area contributed by atoms with Crippen molar-refractivity contribution in [3.05, 3.63) is 65.7 Å². The van der Waals surface area contributed by atoms with E-state index >= 15 is 0 Å². The largest absolute Gasteiger partial charge is 0.481 e. The number of sulfonamides is 1. The summed E-state index contributed by atoms with van der Waals surface area (Å²) in [6.07, 6.45) is -0.493. The van der Waals surface area contributed by atoms with Crippen molar-refractivity contribution >= 4 is 16.0 Å². The van der Waals surface area contributed by atoms with E-state index in [4.69, 9.17) is 5.11 Å². The molecular formula is C15H13F2NO4S. The van der Waals surface area contributed by atoms with E-state index < -0.39 is 45.0 Å². The summed E-state index contributed by atoms with van der Waals surface area (Å²) < 4.78 is 52.9. The lowest BCUT2D eigenvalue weighted by atomic mass is 10.1. The molecule has 2 aromatic carbocycles. The molecule has 0 aliphatic carbocycles. The maximum atomic E-state index is 13.2. The van der Waals surface area contributed by atoms with Crippen molar-refractivity contribution in [2.75, 3.05) is 0 Å². The Balaban J connectivity index is 2.34. The number of nitrogens with one attached hydrogen (secondary N) is 1. The van der Waals surface area contributed by atoms with Crippen molar-refractivity contribution in [1.82, 2.24) is 4.72 Å². The highest BCUT2D eigenvalue weighted by Crippen LogP contribution is 2.21. The Hall–Kier alpha value is -2.32. The first-order valence-electron chi connectivity index (χ1n) is 6.54. The van der Waals surface area contributed by atoms with Gasteiger partial charge in [-0.2, -0.15) is 0 Å². The summed E-state index contributed by atoms with van der Waals surface area (Å²) in [5, 5.41) is 8.95. The van der Waals surface area contributed by atoms with Crippen LogP contribution in [0.4, 0.5) is 8.78 Å². The van der Waals surface area contributed by atoms with Crippen LogP contribution in [0.3, 0.4) is 0 Å². The summed E-state index contributed by atoms with van der Waals surface area (Å²) in [6.45, 7) is 0. The van der Waals surface area contributed by atoms with E-state index in [1.54, 1.807) is 30.3 Å². The van der Waals surface area contributed by atoms with Gasteiger partial charge >= 0.3 is 5.97 Å². The maximum absolute atomic E-state index is 13.2. The van der Waals surface area contributed by atoms with Gasteiger partial charge < -0.3 is 5.11 Å². The minimum Gasteiger partial charge on any atom is -0.481 e. The van der Waals surface area contributed by atoms with E-state index in [9.17, 15) is 22.0 Å². The van der Waals surface area contributed by atoms with Crippen LogP contribution >= 0.6 is 0 Å². The molecule has 0 fully saturated rings. The zero-order valence-corrected chi connectivity index (χ0v) is 12.6. The van der Waals surface area contributed by atoms with Gasteiger partial charge in [0, 0.05) is 0 Å². The summed E-state index contributed by atoms with van der Waals surface area (Å²) >= 11 is 0. The molecule has 2 rings (SSSR count). The molecule has 5 nitrogen and oxygen atoms in total. The van der Waals surface area contributed by atoms with E-state index in [-0.39, 0.29) is 0 Å². The standard InChI is InChI=1S/C15H13F2NO4S/c16-12-7-6-11(8-13(12)17)23(21,22)18-14(9-15(19)20)10-4-2-1-3-5-10/h1-8,14,18H,9H2,(H,19,20). The van der Waals surface area contributed by atoms with Crippen LogP contribution in [0.2, 0.25) is 0 Å². The number of aliphatic carboxylic acids is 1. The Morgan fingerprint density at radius 3 is 2.30 bits per heavy atom. The Labute approximate surface area is 131 Å². The van der Waals surface area contributed by atoms with Crippen molar-refractivity contribution in [3.8, 4) is 0 Å². The average molecular weight is 341 g/mol. The minimum atomic E-state index is -4.21. The molecule has 0 saturated carbocycles. The highest BCUT2D eigenvalue weighted by atomic mass is 32.2. The van der Waals surface area contributed by atoms with Crippen molar-refractivity contribution in [3.63, 3.8) is 0 Å². The normalized spacial score (nSPS) is 12.8. The van der Waals surface area contributed by atoms with Crippen LogP contribution in [0.15, 0.2) is 53.4 Å². The first kappa shape index (κ1) is 17.0. The minimum absolute atomic E-state index is 0.445. The first-order chi connectivity index (χ1) is 10.8. The molecule has 0 saturated heterocycles. The van der Waals surface area contributed by atoms with Crippen LogP contribution in [-0.4, -0.2) is 19.5 Å². The SMILES string of the molecule is O=C(O)CC(NS(=O)(=O)c1ccc(F)c(F)c1)c1ccccc1. The second-order valence-corrected chi connectivity index (χ2v) is 6.47. The number of carbonyl (C=O) groups is 1. The van der Waals surface area contributed by atoms with Gasteiger partial charge in [-0.15, -0.1) is 0 Å². The number of halogens is 2. The van der Waals surface area contributed by atoms with Crippen LogP contribution in [0, 0.1) is 11.6 Å². The average Bonchev–Trinajstić information content (AvgIpc) is 2.49. The highest BCUT2D eigenvalue weighted by Gasteiger charge is 2.24. The lowest BCUT2D eigenvalue weighted by Gasteiger charge is -2.17. The molecule has 2 N–H and O–H groups in total. The second kappa shape index (κ2) is 6.84. The fourth-order valence-corrected chi connectivity index (χ4v) is 3.22. The van der Waals surface area contributed by atoms with Gasteiger partial charge in [0.1, 0.15) is 0 Å². The van der Waals surface area contributed by atoms with Crippen molar-refractivity contribution in [1.29, 1.82) is 0 Å². The summed E-state index contributed by atoms with van der Waals surface area (Å²) in [7, 11) is -4.21. The molecule has 1 atom stereocenters. The Morgan fingerprint density at radius 2 is 1.74 bits per heavy atom. The fourth-order valence-electron chi connectivity index (χ4n) is 1.99. The topological polar surface area (TPSA) is 83.5 Å². The molecule has 2 aromatic rings. The Kier molecular flexibility index (Phi) is 5.07. The van der Waals surface area contributed by atoms with Gasteiger partial charge in [-0.1, -0.05) is 30.3 Å². The zero-order valence-electron chi connectivity index (χ0n) is 11.7. The monoisotopic (exact) mass is 341 g/mol.